The van der Waals surface area contributed by atoms with E-state index in [1.165, 1.54) is 5.57 Å². The summed E-state index contributed by atoms with van der Waals surface area (Å²) in [5.41, 5.74) is 5.22. The molecule has 32 heavy (non-hydrogen) atoms. The van der Waals surface area contributed by atoms with Gasteiger partial charge in [-0.05, 0) is 51.3 Å². The number of hydrogen-bond acceptors (Lipinski definition) is 6. The lowest BCUT2D eigenvalue weighted by molar-refractivity contribution is 0.336. The first-order valence-corrected chi connectivity index (χ1v) is 11.0. The second kappa shape index (κ2) is 9.02. The van der Waals surface area contributed by atoms with E-state index in [1.807, 2.05) is 38.3 Å². The normalized spacial score (nSPS) is 15.7. The number of rotatable bonds is 7. The number of dihydropyridines is 1. The van der Waals surface area contributed by atoms with E-state index in [9.17, 15) is 0 Å². The average Bonchev–Trinajstić information content (AvgIpc) is 3.05. The highest BCUT2D eigenvalue weighted by atomic mass is 16.5. The number of ether oxygens (including phenoxy) is 2. The Kier molecular flexibility index (Phi) is 6.17. The van der Waals surface area contributed by atoms with Crippen LogP contribution in [0.4, 0.5) is 5.82 Å². The van der Waals surface area contributed by atoms with E-state index in [2.05, 4.69) is 51.9 Å². The quantitative estimate of drug-likeness (QED) is 0.579. The first-order chi connectivity index (χ1) is 15.4. The van der Waals surface area contributed by atoms with Crippen LogP contribution < -0.4 is 14.8 Å². The molecular formula is C25H31N5O2. The third kappa shape index (κ3) is 3.95. The number of hydrogen-bond donors (Lipinski definition) is 1. The van der Waals surface area contributed by atoms with Crippen molar-refractivity contribution in [3.63, 3.8) is 0 Å². The van der Waals surface area contributed by atoms with Gasteiger partial charge in [0, 0.05) is 47.5 Å². The number of methoxy groups -OCH3 is 1. The molecule has 0 saturated heterocycles. The minimum atomic E-state index is 0.457. The summed E-state index contributed by atoms with van der Waals surface area (Å²) in [6.07, 6.45) is 4.20. The number of aryl methyl sites for hydroxylation is 3. The van der Waals surface area contributed by atoms with Crippen LogP contribution >= 0.6 is 0 Å². The molecule has 0 amide bonds. The maximum Gasteiger partial charge on any atom is 0.158 e. The van der Waals surface area contributed by atoms with Crippen LogP contribution in [0.2, 0.25) is 0 Å². The van der Waals surface area contributed by atoms with Crippen molar-refractivity contribution in [2.75, 3.05) is 32.1 Å². The van der Waals surface area contributed by atoms with Gasteiger partial charge < -0.3 is 19.4 Å². The number of fused-ring (bicyclic) bond motifs is 1. The van der Waals surface area contributed by atoms with E-state index in [0.717, 1.165) is 57.4 Å². The molecule has 1 aromatic carbocycles. The predicted octanol–water partition coefficient (Wildman–Crippen LogP) is 4.81. The summed E-state index contributed by atoms with van der Waals surface area (Å²) < 4.78 is 13.6. The lowest BCUT2D eigenvalue weighted by Crippen LogP contribution is -2.13. The third-order valence-electron chi connectivity index (χ3n) is 5.86. The molecule has 1 atom stereocenters. The molecule has 0 fully saturated rings. The Labute approximate surface area is 189 Å². The van der Waals surface area contributed by atoms with Crippen molar-refractivity contribution in [1.29, 1.82) is 0 Å². The average molecular weight is 434 g/mol. The van der Waals surface area contributed by atoms with Gasteiger partial charge in [-0.1, -0.05) is 13.0 Å². The van der Waals surface area contributed by atoms with Crippen LogP contribution in [0, 0.1) is 26.7 Å². The number of benzene rings is 1. The Balaban J connectivity index is 1.80. The standard InChI is InChI=1S/C25H31N5O2/c1-7-32-20-8-9-21(22(11-20)31-6)30-17(4)23-16(3)28-29-25(24(23)18(30)5)27-14-19-10-15(2)12-26-13-19/h8-11,13,15H,7,12,14H2,1-6H3,(H,27,29). The van der Waals surface area contributed by atoms with E-state index in [1.54, 1.807) is 7.11 Å². The van der Waals surface area contributed by atoms with E-state index >= 15 is 0 Å². The largest absolute Gasteiger partial charge is 0.494 e. The van der Waals surface area contributed by atoms with Crippen LogP contribution in [0.5, 0.6) is 11.5 Å². The monoisotopic (exact) mass is 433 g/mol. The van der Waals surface area contributed by atoms with Crippen LogP contribution in [0.25, 0.3) is 16.5 Å². The molecule has 1 unspecified atom stereocenters. The van der Waals surface area contributed by atoms with Gasteiger partial charge in [-0.2, -0.15) is 5.10 Å². The van der Waals surface area contributed by atoms with Crippen molar-refractivity contribution in [1.82, 2.24) is 14.8 Å². The van der Waals surface area contributed by atoms with Gasteiger partial charge in [-0.3, -0.25) is 4.99 Å². The lowest BCUT2D eigenvalue weighted by atomic mass is 10.1. The van der Waals surface area contributed by atoms with Gasteiger partial charge in [-0.25, -0.2) is 0 Å². The molecular weight excluding hydrogens is 402 g/mol. The van der Waals surface area contributed by atoms with Gasteiger partial charge >= 0.3 is 0 Å². The fraction of sp³-hybridized carbons (Fsp3) is 0.400. The second-order valence-corrected chi connectivity index (χ2v) is 8.22. The zero-order chi connectivity index (χ0) is 22.8. The Morgan fingerprint density at radius 2 is 1.91 bits per heavy atom. The first-order valence-electron chi connectivity index (χ1n) is 11.0. The molecule has 0 saturated carbocycles. The van der Waals surface area contributed by atoms with Gasteiger partial charge in [0.05, 0.1) is 25.1 Å². The number of nitrogens with zero attached hydrogens (tertiary/aromatic N) is 4. The summed E-state index contributed by atoms with van der Waals surface area (Å²) in [4.78, 5) is 4.45. The van der Waals surface area contributed by atoms with E-state index < -0.39 is 0 Å². The predicted molar refractivity (Wildman–Crippen MR) is 130 cm³/mol. The first kappa shape index (κ1) is 21.9. The molecule has 3 aromatic rings. The minimum Gasteiger partial charge on any atom is -0.494 e. The molecule has 0 aliphatic carbocycles. The lowest BCUT2D eigenvalue weighted by Gasteiger charge is -2.15. The van der Waals surface area contributed by atoms with E-state index in [-0.39, 0.29) is 0 Å². The molecule has 1 aliphatic heterocycles. The van der Waals surface area contributed by atoms with Gasteiger partial charge in [0.2, 0.25) is 0 Å². The summed E-state index contributed by atoms with van der Waals surface area (Å²) in [6.45, 7) is 12.5. The molecule has 2 aromatic heterocycles. The molecule has 3 heterocycles. The van der Waals surface area contributed by atoms with Crippen LogP contribution in [0.15, 0.2) is 34.8 Å². The molecule has 4 rings (SSSR count). The summed E-state index contributed by atoms with van der Waals surface area (Å²) in [7, 11) is 1.68. The molecule has 0 bridgehead atoms. The number of nitrogens with one attached hydrogen (secondary N) is 1. The summed E-state index contributed by atoms with van der Waals surface area (Å²) in [5.74, 6) is 2.78. The zero-order valence-electron chi connectivity index (χ0n) is 19.7. The summed E-state index contributed by atoms with van der Waals surface area (Å²) in [6, 6.07) is 5.95. The Bertz CT molecular complexity index is 1210. The molecule has 7 nitrogen and oxygen atoms in total. The van der Waals surface area contributed by atoms with E-state index in [0.29, 0.717) is 19.1 Å². The van der Waals surface area contributed by atoms with Crippen molar-refractivity contribution in [3.05, 3.63) is 46.9 Å². The summed E-state index contributed by atoms with van der Waals surface area (Å²) >= 11 is 0. The van der Waals surface area contributed by atoms with Gasteiger partial charge in [0.25, 0.3) is 0 Å². The molecule has 0 radical (unpaired) electrons. The molecule has 168 valence electrons. The molecule has 7 heteroatoms. The number of aromatic nitrogens is 3. The summed E-state index contributed by atoms with van der Waals surface area (Å²) in [5, 5.41) is 14.6. The van der Waals surface area contributed by atoms with Crippen LogP contribution in [0.3, 0.4) is 0 Å². The Morgan fingerprint density at radius 1 is 1.12 bits per heavy atom. The minimum absolute atomic E-state index is 0.457. The Morgan fingerprint density at radius 3 is 2.62 bits per heavy atom. The van der Waals surface area contributed by atoms with E-state index in [4.69, 9.17) is 9.47 Å². The highest BCUT2D eigenvalue weighted by Crippen LogP contribution is 2.37. The fourth-order valence-electron chi connectivity index (χ4n) is 4.47. The topological polar surface area (TPSA) is 73.6 Å². The van der Waals surface area contributed by atoms with Crippen LogP contribution in [0.1, 0.15) is 30.9 Å². The molecule has 1 aliphatic rings. The van der Waals surface area contributed by atoms with Gasteiger partial charge in [0.1, 0.15) is 11.5 Å². The van der Waals surface area contributed by atoms with Crippen molar-refractivity contribution in [3.8, 4) is 17.2 Å². The maximum absolute atomic E-state index is 5.72. The number of anilines is 1. The van der Waals surface area contributed by atoms with Crippen molar-refractivity contribution < 1.29 is 9.47 Å². The highest BCUT2D eigenvalue weighted by Gasteiger charge is 2.21. The van der Waals surface area contributed by atoms with Crippen molar-refractivity contribution in [2.45, 2.75) is 34.6 Å². The van der Waals surface area contributed by atoms with Crippen LogP contribution in [-0.4, -0.2) is 47.8 Å². The maximum atomic E-state index is 5.72. The molecule has 1 N–H and O–H groups in total. The SMILES string of the molecule is CCOc1ccc(-n2c(C)c3c(C)nnc(NCC4=CC(C)CN=C4)c3c2C)c(OC)c1. The Hall–Kier alpha value is -3.35. The van der Waals surface area contributed by atoms with Gasteiger partial charge in [-0.15, -0.1) is 5.10 Å². The molecule has 0 spiro atoms. The second-order valence-electron chi connectivity index (χ2n) is 8.22. The smallest absolute Gasteiger partial charge is 0.158 e. The highest BCUT2D eigenvalue weighted by molar-refractivity contribution is 5.99. The van der Waals surface area contributed by atoms with Gasteiger partial charge in [0.15, 0.2) is 5.82 Å². The van der Waals surface area contributed by atoms with Crippen molar-refractivity contribution >= 4 is 22.8 Å². The number of aliphatic imine (C=N–C) groups is 1. The third-order valence-corrected chi connectivity index (χ3v) is 5.86. The van der Waals surface area contributed by atoms with Crippen LogP contribution in [-0.2, 0) is 0 Å². The fourth-order valence-corrected chi connectivity index (χ4v) is 4.47. The zero-order valence-corrected chi connectivity index (χ0v) is 19.7. The van der Waals surface area contributed by atoms with Crippen molar-refractivity contribution in [2.24, 2.45) is 10.9 Å².